The van der Waals surface area contributed by atoms with Crippen LogP contribution in [0.2, 0.25) is 0 Å². The molecule has 3 rings (SSSR count). The number of nitrogens with one attached hydrogen (secondary N) is 1. The summed E-state index contributed by atoms with van der Waals surface area (Å²) in [5.41, 5.74) is 1.16. The van der Waals surface area contributed by atoms with Crippen LogP contribution in [0.3, 0.4) is 0 Å². The summed E-state index contributed by atoms with van der Waals surface area (Å²) < 4.78 is 106. The van der Waals surface area contributed by atoms with Gasteiger partial charge in [0.2, 0.25) is 5.91 Å². The third kappa shape index (κ3) is 45.6. The smallest absolute Gasteiger partial charge is 0.475 e. The van der Waals surface area contributed by atoms with E-state index in [-0.39, 0.29) is 64.5 Å². The van der Waals surface area contributed by atoms with Crippen LogP contribution in [-0.2, 0) is 76.8 Å². The highest BCUT2D eigenvalue weighted by molar-refractivity contribution is 7.48. The van der Waals surface area contributed by atoms with Crippen LogP contribution in [0.1, 0.15) is 311 Å². The first-order valence-electron chi connectivity index (χ1n) is 42.6. The Kier molecular flexibility index (Phi) is 58.6. The number of amides is 1. The number of allylic oxidation sites excluding steroid dienone is 2. The van der Waals surface area contributed by atoms with E-state index >= 15 is 0 Å². The first kappa shape index (κ1) is 94.0. The maximum atomic E-state index is 14.9. The number of benzene rings is 1. The minimum Gasteiger partial charge on any atom is -0.497 e. The molecule has 608 valence electrons. The lowest BCUT2D eigenvalue weighted by Crippen LogP contribution is -2.67. The molecule has 0 aromatic heterocycles. The number of hydrogen-bond donors (Lipinski definition) is 2. The van der Waals surface area contributed by atoms with Crippen molar-refractivity contribution >= 4 is 19.7 Å². The Labute approximate surface area is 640 Å². The van der Waals surface area contributed by atoms with E-state index in [9.17, 15) is 20.6 Å². The third-order valence-corrected chi connectivity index (χ3v) is 21.3. The standard InChI is InChI=1S/C86H152NO17P/c1-10-17-21-25-28-31-34-36-37-38-39-41-44-48-52-56-77(88)87-79-82(97-67-61-72(55-51-47-24-20-13-4)68-73-57-59-74(93-9)60-58-73)81(104-105(91,100-63-15-6)101-64-16-7)76(69-92-8)103-85(79)98-70-75-80(90)83(95-65-53-49-45-42-33-30-27-23-19-12-3)84(86(102-75)99-71-78(89)94-62-14-5)96-66-54-50-46-43-40-35-32-29-26-22-18-11-2/h14-16,31,34,57-60,72,75-76,79-86,90H,5-7,10-13,17-30,32-33,35-56,61-71H2,1-4,8-9H3,(H,87,88)/b34-31-/t72-,75+,76+,79+,80+,81+,82+,83-,84+,85+,86?/m0/s1/i66D/t66?,72-,75+,76+,79+,80+,81+,82+,83-,84+,85+,86?. The van der Waals surface area contributed by atoms with Gasteiger partial charge in [0, 0.05) is 33.3 Å². The molecule has 0 spiro atoms. The van der Waals surface area contributed by atoms with Gasteiger partial charge < -0.3 is 57.8 Å². The lowest BCUT2D eigenvalue weighted by molar-refractivity contribution is -0.330. The van der Waals surface area contributed by atoms with Crippen LogP contribution in [0.4, 0.5) is 0 Å². The Bertz CT molecular complexity index is 2360. The molecule has 1 amide bonds. The van der Waals surface area contributed by atoms with E-state index in [2.05, 4.69) is 77.0 Å². The lowest BCUT2D eigenvalue weighted by atomic mass is 9.90. The molecule has 1 aromatic rings. The van der Waals surface area contributed by atoms with Gasteiger partial charge >= 0.3 is 13.8 Å². The normalized spacial score (nSPS) is 21.3. The second-order valence-electron chi connectivity index (χ2n) is 29.1. The average molecular weight is 1500 g/mol. The third-order valence-electron chi connectivity index (χ3n) is 19.9. The number of methoxy groups -OCH3 is 2. The van der Waals surface area contributed by atoms with Crippen molar-refractivity contribution < 1.29 is 81.6 Å². The Balaban J connectivity index is 2.10. The molecule has 2 N–H and O–H groups in total. The zero-order chi connectivity index (χ0) is 76.8. The van der Waals surface area contributed by atoms with Crippen LogP contribution in [0.25, 0.3) is 0 Å². The summed E-state index contributed by atoms with van der Waals surface area (Å²) in [4.78, 5) is 28.0. The van der Waals surface area contributed by atoms with E-state index in [1.807, 2.05) is 12.1 Å². The number of carbonyl (C=O) groups excluding carboxylic acids is 2. The number of aliphatic hydroxyl groups is 1. The van der Waals surface area contributed by atoms with Crippen molar-refractivity contribution in [2.45, 2.75) is 372 Å². The Morgan fingerprint density at radius 2 is 1.03 bits per heavy atom. The molecule has 18 nitrogen and oxygen atoms in total. The summed E-state index contributed by atoms with van der Waals surface area (Å²) in [6.45, 7) is 18.2. The molecule has 2 heterocycles. The quantitative estimate of drug-likeness (QED) is 0.0269. The number of aliphatic hydroxyl groups excluding tert-OH is 1. The maximum absolute atomic E-state index is 14.9. The predicted molar refractivity (Wildman–Crippen MR) is 425 cm³/mol. The molecule has 19 heteroatoms. The van der Waals surface area contributed by atoms with Crippen molar-refractivity contribution in [2.75, 3.05) is 73.7 Å². The highest BCUT2D eigenvalue weighted by Crippen LogP contribution is 2.53. The first-order valence-corrected chi connectivity index (χ1v) is 43.4. The molecule has 105 heavy (non-hydrogen) atoms. The SMILES string of the molecule is [2H]C(CCCCCCCCCCCCC)O[C@H]1C(OCC(=O)OCC=C)O[C@H](CO[C@@H]2O[C@H](COC)[C@@H](OP(=O)(OCC=C)OCC=C)[C@H](OCC[C@H](CCCCCCC)Cc3ccc(OC)cc3)[C@H]2NC(=O)CCCCCCCCC/C=C\CCCCCC)[C@@H](O)[C@@H]1OCCCCCCCCCCCC. The molecule has 0 saturated carbocycles. The Hall–Kier alpha value is -3.33. The van der Waals surface area contributed by atoms with Crippen LogP contribution in [0.15, 0.2) is 74.4 Å². The van der Waals surface area contributed by atoms with Gasteiger partial charge in [-0.3, -0.25) is 18.4 Å². The average Bonchev–Trinajstić information content (AvgIpc) is 0.775. The second-order valence-corrected chi connectivity index (χ2v) is 30.7. The van der Waals surface area contributed by atoms with Crippen molar-refractivity contribution in [2.24, 2.45) is 5.92 Å². The molecule has 2 fully saturated rings. The van der Waals surface area contributed by atoms with Crippen LogP contribution >= 0.6 is 7.82 Å². The number of hydrogen-bond acceptors (Lipinski definition) is 17. The van der Waals surface area contributed by atoms with Gasteiger partial charge in [-0.25, -0.2) is 9.36 Å². The molecule has 0 radical (unpaired) electrons. The molecule has 1 aromatic carbocycles. The number of esters is 1. The highest BCUT2D eigenvalue weighted by atomic mass is 31.2. The number of ether oxygens (including phenoxy) is 10. The van der Waals surface area contributed by atoms with Crippen LogP contribution in [0.5, 0.6) is 5.75 Å². The van der Waals surface area contributed by atoms with Crippen molar-refractivity contribution in [3.05, 3.63) is 79.9 Å². The van der Waals surface area contributed by atoms with Crippen molar-refractivity contribution in [1.29, 1.82) is 0 Å². The largest absolute Gasteiger partial charge is 0.497 e. The van der Waals surface area contributed by atoms with E-state index in [0.717, 1.165) is 140 Å². The van der Waals surface area contributed by atoms with Crippen molar-refractivity contribution in [3.63, 3.8) is 0 Å². The monoisotopic (exact) mass is 1500 g/mol. The highest BCUT2D eigenvalue weighted by Gasteiger charge is 2.53. The fraction of sp³-hybridized carbons (Fsp3) is 0.814. The van der Waals surface area contributed by atoms with Gasteiger partial charge in [0.25, 0.3) is 0 Å². The van der Waals surface area contributed by atoms with E-state index in [1.54, 1.807) is 7.11 Å². The van der Waals surface area contributed by atoms with E-state index in [4.69, 9.17) is 60.9 Å². The molecule has 12 atom stereocenters. The topological polar surface area (TPSA) is 203 Å². The summed E-state index contributed by atoms with van der Waals surface area (Å²) in [6, 6.07) is 7.01. The number of unbranched alkanes of at least 4 members (excludes halogenated alkanes) is 34. The predicted octanol–water partition coefficient (Wildman–Crippen LogP) is 21.0. The van der Waals surface area contributed by atoms with Gasteiger partial charge in [-0.1, -0.05) is 295 Å². The summed E-state index contributed by atoms with van der Waals surface area (Å²) in [5, 5.41) is 16.1. The maximum Gasteiger partial charge on any atom is 0.475 e. The molecule has 2 unspecified atom stereocenters. The van der Waals surface area contributed by atoms with E-state index < -0.39 is 88.3 Å². The lowest BCUT2D eigenvalue weighted by Gasteiger charge is -2.47. The zero-order valence-electron chi connectivity index (χ0n) is 67.9. The molecule has 2 saturated heterocycles. The molecular formula is C86H152NO17P. The van der Waals surface area contributed by atoms with Crippen LogP contribution in [-0.4, -0.2) is 152 Å². The summed E-state index contributed by atoms with van der Waals surface area (Å²) in [7, 11) is -1.31. The first-order chi connectivity index (χ1) is 51.8. The van der Waals surface area contributed by atoms with E-state index in [1.165, 1.54) is 147 Å². The number of phosphoric acid groups is 1. The number of rotatable bonds is 73. The zero-order valence-corrected chi connectivity index (χ0v) is 67.8. The number of phosphoric ester groups is 1. The van der Waals surface area contributed by atoms with Gasteiger partial charge in [-0.2, -0.15) is 0 Å². The summed E-state index contributed by atoms with van der Waals surface area (Å²) >= 11 is 0. The molecule has 0 aliphatic carbocycles. The molecular weight excluding hydrogens is 1350 g/mol. The van der Waals surface area contributed by atoms with Gasteiger partial charge in [0.15, 0.2) is 12.6 Å². The molecule has 2 aliphatic heterocycles. The van der Waals surface area contributed by atoms with Gasteiger partial charge in [0.1, 0.15) is 67.7 Å². The minimum atomic E-state index is -4.48. The molecule has 0 bridgehead atoms. The van der Waals surface area contributed by atoms with Gasteiger partial charge in [0.05, 0.1) is 34.9 Å². The Morgan fingerprint density at radius 1 is 0.533 bits per heavy atom. The fourth-order valence-electron chi connectivity index (χ4n) is 13.7. The van der Waals surface area contributed by atoms with Crippen LogP contribution in [0, 0.1) is 5.92 Å². The van der Waals surface area contributed by atoms with E-state index in [0.29, 0.717) is 25.7 Å². The van der Waals surface area contributed by atoms with Gasteiger partial charge in [-0.15, -0.1) is 13.2 Å². The molecule has 2 aliphatic rings. The van der Waals surface area contributed by atoms with Crippen LogP contribution < -0.4 is 10.1 Å². The van der Waals surface area contributed by atoms with Gasteiger partial charge in [-0.05, 0) is 81.4 Å². The van der Waals surface area contributed by atoms with Crippen molar-refractivity contribution in [1.82, 2.24) is 5.32 Å². The summed E-state index contributed by atoms with van der Waals surface area (Å²) in [6.07, 6.45) is 44.9. The number of carbonyl (C=O) groups is 2. The fourth-order valence-corrected chi connectivity index (χ4v) is 15.1. The second kappa shape index (κ2) is 65.4. The summed E-state index contributed by atoms with van der Waals surface area (Å²) in [5.74, 6) is 0.00458. The Morgan fingerprint density at radius 3 is 1.57 bits per heavy atom. The van der Waals surface area contributed by atoms with Crippen molar-refractivity contribution in [3.8, 4) is 5.75 Å². The minimum absolute atomic E-state index is 0.0383.